The number of amides is 2. The number of nitrogens with one attached hydrogen (secondary N) is 3. The van der Waals surface area contributed by atoms with Gasteiger partial charge in [0.1, 0.15) is 0 Å². The van der Waals surface area contributed by atoms with Gasteiger partial charge < -0.3 is 16.0 Å². The Labute approximate surface area is 168 Å². The third-order valence-electron chi connectivity index (χ3n) is 4.51. The zero-order chi connectivity index (χ0) is 19.2. The van der Waals surface area contributed by atoms with Crippen molar-refractivity contribution in [3.63, 3.8) is 0 Å². The summed E-state index contributed by atoms with van der Waals surface area (Å²) >= 11 is 11.8. The maximum atomic E-state index is 12.5. The maximum absolute atomic E-state index is 12.5. The van der Waals surface area contributed by atoms with Crippen LogP contribution in [-0.4, -0.2) is 24.4 Å². The van der Waals surface area contributed by atoms with Crippen LogP contribution in [-0.2, 0) is 4.79 Å². The molecular weight excluding hydrogens is 385 g/mol. The number of hydrogen-bond acceptors (Lipinski definition) is 3. The molecule has 2 amide bonds. The number of rotatable bonds is 6. The second-order valence-corrected chi connectivity index (χ2v) is 7.35. The lowest BCUT2D eigenvalue weighted by Crippen LogP contribution is -2.33. The molecule has 0 radical (unpaired) electrons. The fourth-order valence-corrected chi connectivity index (χ4v) is 3.40. The van der Waals surface area contributed by atoms with Crippen molar-refractivity contribution in [3.05, 3.63) is 58.1 Å². The monoisotopic (exact) mass is 405 g/mol. The zero-order valence-electron chi connectivity index (χ0n) is 14.7. The van der Waals surface area contributed by atoms with Gasteiger partial charge in [0.2, 0.25) is 5.91 Å². The number of anilines is 2. The van der Waals surface area contributed by atoms with Crippen molar-refractivity contribution in [2.75, 3.05) is 17.2 Å². The molecule has 0 atom stereocenters. The topological polar surface area (TPSA) is 70.2 Å². The van der Waals surface area contributed by atoms with Crippen molar-refractivity contribution < 1.29 is 9.59 Å². The first-order valence-corrected chi connectivity index (χ1v) is 9.67. The lowest BCUT2D eigenvalue weighted by Gasteiger charge is -2.15. The molecular formula is C20H21Cl2N3O2. The average molecular weight is 406 g/mol. The van der Waals surface area contributed by atoms with Gasteiger partial charge in [0.05, 0.1) is 27.8 Å². The average Bonchev–Trinajstić information content (AvgIpc) is 3.16. The number of carbonyl (C=O) groups excluding carboxylic acids is 2. The SMILES string of the molecule is O=C(CNc1ccc(Cl)c(Cl)c1)Nc1ccccc1C(=O)NC1CCCC1. The van der Waals surface area contributed by atoms with E-state index in [9.17, 15) is 9.59 Å². The van der Waals surface area contributed by atoms with E-state index < -0.39 is 0 Å². The Hall–Kier alpha value is -2.24. The van der Waals surface area contributed by atoms with Crippen molar-refractivity contribution in [3.8, 4) is 0 Å². The molecule has 3 N–H and O–H groups in total. The van der Waals surface area contributed by atoms with E-state index in [0.29, 0.717) is 27.0 Å². The molecule has 0 unspecified atom stereocenters. The summed E-state index contributed by atoms with van der Waals surface area (Å²) < 4.78 is 0. The maximum Gasteiger partial charge on any atom is 0.253 e. The Morgan fingerprint density at radius 3 is 2.48 bits per heavy atom. The van der Waals surface area contributed by atoms with Gasteiger partial charge in [-0.1, -0.05) is 48.2 Å². The molecule has 142 valence electrons. The van der Waals surface area contributed by atoms with Crippen molar-refractivity contribution in [1.82, 2.24) is 5.32 Å². The largest absolute Gasteiger partial charge is 0.376 e. The molecule has 1 saturated carbocycles. The van der Waals surface area contributed by atoms with Crippen LogP contribution < -0.4 is 16.0 Å². The Balaban J connectivity index is 1.60. The second-order valence-electron chi connectivity index (χ2n) is 6.53. The van der Waals surface area contributed by atoms with Crippen LogP contribution in [0.3, 0.4) is 0 Å². The summed E-state index contributed by atoms with van der Waals surface area (Å²) in [5, 5.41) is 9.69. The number of para-hydroxylation sites is 1. The highest BCUT2D eigenvalue weighted by atomic mass is 35.5. The second kappa shape index (κ2) is 9.11. The first-order valence-electron chi connectivity index (χ1n) is 8.91. The minimum atomic E-state index is -0.262. The Morgan fingerprint density at radius 2 is 1.74 bits per heavy atom. The number of hydrogen-bond donors (Lipinski definition) is 3. The van der Waals surface area contributed by atoms with Crippen LogP contribution in [0.25, 0.3) is 0 Å². The molecule has 0 saturated heterocycles. The highest BCUT2D eigenvalue weighted by molar-refractivity contribution is 6.42. The van der Waals surface area contributed by atoms with Crippen LogP contribution in [0.2, 0.25) is 10.0 Å². The quantitative estimate of drug-likeness (QED) is 0.651. The van der Waals surface area contributed by atoms with Gasteiger partial charge in [-0.3, -0.25) is 9.59 Å². The molecule has 0 heterocycles. The van der Waals surface area contributed by atoms with Gasteiger partial charge in [0.25, 0.3) is 5.91 Å². The van der Waals surface area contributed by atoms with Gasteiger partial charge in [-0.15, -0.1) is 0 Å². The van der Waals surface area contributed by atoms with E-state index in [4.69, 9.17) is 23.2 Å². The van der Waals surface area contributed by atoms with Crippen LogP contribution in [0.15, 0.2) is 42.5 Å². The van der Waals surface area contributed by atoms with Crippen LogP contribution in [0.4, 0.5) is 11.4 Å². The summed E-state index contributed by atoms with van der Waals surface area (Å²) in [5.41, 5.74) is 1.65. The van der Waals surface area contributed by atoms with E-state index in [2.05, 4.69) is 16.0 Å². The standard InChI is InChI=1S/C20H21Cl2N3O2/c21-16-10-9-14(11-17(16)22)23-12-19(26)25-18-8-4-3-7-15(18)20(27)24-13-5-1-2-6-13/h3-4,7-11,13,23H,1-2,5-6,12H2,(H,24,27)(H,25,26). The van der Waals surface area contributed by atoms with Gasteiger partial charge >= 0.3 is 0 Å². The number of carbonyl (C=O) groups is 2. The minimum Gasteiger partial charge on any atom is -0.376 e. The fraction of sp³-hybridized carbons (Fsp3) is 0.300. The van der Waals surface area contributed by atoms with Crippen LogP contribution in [0, 0.1) is 0 Å². The van der Waals surface area contributed by atoms with Crippen molar-refractivity contribution >= 4 is 46.4 Å². The molecule has 3 rings (SSSR count). The van der Waals surface area contributed by atoms with Gasteiger partial charge in [0, 0.05) is 11.7 Å². The molecule has 2 aromatic rings. The fourth-order valence-electron chi connectivity index (χ4n) is 3.11. The summed E-state index contributed by atoms with van der Waals surface area (Å²) in [6, 6.07) is 12.3. The molecule has 7 heteroatoms. The van der Waals surface area contributed by atoms with E-state index in [1.165, 1.54) is 0 Å². The Kier molecular flexibility index (Phi) is 6.58. The normalized spacial score (nSPS) is 14.0. The van der Waals surface area contributed by atoms with Gasteiger partial charge in [-0.2, -0.15) is 0 Å². The first-order chi connectivity index (χ1) is 13.0. The predicted molar refractivity (Wildman–Crippen MR) is 110 cm³/mol. The van der Waals surface area contributed by atoms with E-state index in [1.54, 1.807) is 42.5 Å². The van der Waals surface area contributed by atoms with Crippen molar-refractivity contribution in [2.45, 2.75) is 31.7 Å². The van der Waals surface area contributed by atoms with Crippen LogP contribution in [0.5, 0.6) is 0 Å². The summed E-state index contributed by atoms with van der Waals surface area (Å²) in [7, 11) is 0. The summed E-state index contributed by atoms with van der Waals surface area (Å²) in [4.78, 5) is 24.8. The van der Waals surface area contributed by atoms with Gasteiger partial charge in [0.15, 0.2) is 0 Å². The molecule has 1 aliphatic carbocycles. The zero-order valence-corrected chi connectivity index (χ0v) is 16.2. The lowest BCUT2D eigenvalue weighted by atomic mass is 10.1. The molecule has 0 bridgehead atoms. The highest BCUT2D eigenvalue weighted by Crippen LogP contribution is 2.25. The van der Waals surface area contributed by atoms with E-state index >= 15 is 0 Å². The lowest BCUT2D eigenvalue weighted by molar-refractivity contribution is -0.114. The molecule has 0 aromatic heterocycles. The Morgan fingerprint density at radius 1 is 1.00 bits per heavy atom. The summed E-state index contributed by atoms with van der Waals surface area (Å²) in [6.45, 7) is 0.0382. The third-order valence-corrected chi connectivity index (χ3v) is 5.25. The molecule has 0 aliphatic heterocycles. The summed E-state index contributed by atoms with van der Waals surface area (Å²) in [6.07, 6.45) is 4.30. The summed E-state index contributed by atoms with van der Waals surface area (Å²) in [5.74, 6) is -0.419. The minimum absolute atomic E-state index is 0.0382. The van der Waals surface area contributed by atoms with Gasteiger partial charge in [-0.25, -0.2) is 0 Å². The van der Waals surface area contributed by atoms with Crippen molar-refractivity contribution in [1.29, 1.82) is 0 Å². The number of halogens is 2. The van der Waals surface area contributed by atoms with E-state index in [0.717, 1.165) is 25.7 Å². The molecule has 5 nitrogen and oxygen atoms in total. The van der Waals surface area contributed by atoms with Crippen molar-refractivity contribution in [2.24, 2.45) is 0 Å². The molecule has 0 spiro atoms. The van der Waals surface area contributed by atoms with E-state index in [1.807, 2.05) is 0 Å². The Bertz CT molecular complexity index is 836. The van der Waals surface area contributed by atoms with Crippen LogP contribution in [0.1, 0.15) is 36.0 Å². The predicted octanol–water partition coefficient (Wildman–Crippen LogP) is 4.72. The van der Waals surface area contributed by atoms with E-state index in [-0.39, 0.29) is 24.4 Å². The first kappa shape index (κ1) is 19.5. The molecule has 2 aromatic carbocycles. The third kappa shape index (κ3) is 5.37. The smallest absolute Gasteiger partial charge is 0.253 e. The molecule has 1 fully saturated rings. The van der Waals surface area contributed by atoms with Crippen LogP contribution >= 0.6 is 23.2 Å². The highest BCUT2D eigenvalue weighted by Gasteiger charge is 2.20. The van der Waals surface area contributed by atoms with Gasteiger partial charge in [-0.05, 0) is 43.2 Å². The molecule has 1 aliphatic rings. The number of benzene rings is 2. The molecule has 27 heavy (non-hydrogen) atoms.